The highest BCUT2D eigenvalue weighted by Gasteiger charge is 2.49. The van der Waals surface area contributed by atoms with Crippen LogP contribution in [0.5, 0.6) is 0 Å². The van der Waals surface area contributed by atoms with E-state index in [-0.39, 0.29) is 29.4 Å². The average molecular weight is 279 g/mol. The van der Waals surface area contributed by atoms with E-state index in [1.807, 2.05) is 32.0 Å². The SMILES string of the molecule is Cc1ccc(C)c(N2C(=O)C[C@@H]3CS(=O)(=O)C[C@H]32)c1. The lowest BCUT2D eigenvalue weighted by molar-refractivity contribution is -0.117. The fourth-order valence-corrected chi connectivity index (χ4v) is 5.25. The van der Waals surface area contributed by atoms with Crippen molar-refractivity contribution in [3.63, 3.8) is 0 Å². The van der Waals surface area contributed by atoms with Crippen molar-refractivity contribution in [1.29, 1.82) is 0 Å². The van der Waals surface area contributed by atoms with Crippen LogP contribution >= 0.6 is 0 Å². The topological polar surface area (TPSA) is 54.5 Å². The van der Waals surface area contributed by atoms with E-state index >= 15 is 0 Å². The van der Waals surface area contributed by atoms with E-state index in [0.717, 1.165) is 16.8 Å². The third-order valence-corrected chi connectivity index (χ3v) is 5.88. The van der Waals surface area contributed by atoms with Crippen molar-refractivity contribution >= 4 is 21.4 Å². The predicted molar refractivity (Wildman–Crippen MR) is 74.0 cm³/mol. The molecule has 2 saturated heterocycles. The monoisotopic (exact) mass is 279 g/mol. The molecule has 0 aromatic heterocycles. The average Bonchev–Trinajstić information content (AvgIpc) is 2.73. The van der Waals surface area contributed by atoms with Crippen LogP contribution < -0.4 is 4.90 Å². The number of benzene rings is 1. The molecular weight excluding hydrogens is 262 g/mol. The quantitative estimate of drug-likeness (QED) is 0.782. The molecule has 2 fully saturated rings. The molecule has 1 aromatic rings. The summed E-state index contributed by atoms with van der Waals surface area (Å²) < 4.78 is 23.5. The van der Waals surface area contributed by atoms with Gasteiger partial charge < -0.3 is 4.90 Å². The molecule has 1 aromatic carbocycles. The van der Waals surface area contributed by atoms with E-state index < -0.39 is 9.84 Å². The molecule has 3 rings (SSSR count). The molecule has 19 heavy (non-hydrogen) atoms. The van der Waals surface area contributed by atoms with Crippen molar-refractivity contribution in [2.24, 2.45) is 5.92 Å². The molecule has 0 saturated carbocycles. The van der Waals surface area contributed by atoms with Gasteiger partial charge in [-0.15, -0.1) is 0 Å². The second-order valence-electron chi connectivity index (χ2n) is 5.66. The standard InChI is InChI=1S/C14H17NO3S/c1-9-3-4-10(2)12(5-9)15-13-8-19(17,18)7-11(13)6-14(15)16/h3-5,11,13H,6-8H2,1-2H3/t11-,13-/m1/s1. The summed E-state index contributed by atoms with van der Waals surface area (Å²) in [6.07, 6.45) is 0.358. The second-order valence-corrected chi connectivity index (χ2v) is 7.82. The lowest BCUT2D eigenvalue weighted by Gasteiger charge is -2.25. The molecule has 0 aliphatic carbocycles. The Labute approximate surface area is 113 Å². The number of hydrogen-bond donors (Lipinski definition) is 0. The number of hydrogen-bond acceptors (Lipinski definition) is 3. The fraction of sp³-hybridized carbons (Fsp3) is 0.500. The molecule has 2 heterocycles. The highest BCUT2D eigenvalue weighted by atomic mass is 32.2. The molecule has 4 nitrogen and oxygen atoms in total. The molecule has 0 bridgehead atoms. The van der Waals surface area contributed by atoms with E-state index in [9.17, 15) is 13.2 Å². The summed E-state index contributed by atoms with van der Waals surface area (Å²) in [6.45, 7) is 3.94. The van der Waals surface area contributed by atoms with E-state index in [1.54, 1.807) is 4.90 Å². The highest BCUT2D eigenvalue weighted by molar-refractivity contribution is 7.91. The van der Waals surface area contributed by atoms with Crippen LogP contribution in [0.4, 0.5) is 5.69 Å². The number of carbonyl (C=O) groups excluding carboxylic acids is 1. The van der Waals surface area contributed by atoms with Gasteiger partial charge in [-0.3, -0.25) is 4.79 Å². The summed E-state index contributed by atoms with van der Waals surface area (Å²) in [7, 11) is -2.99. The number of aryl methyl sites for hydroxylation is 2. The fourth-order valence-electron chi connectivity index (χ4n) is 3.18. The Morgan fingerprint density at radius 1 is 1.21 bits per heavy atom. The molecule has 2 aliphatic rings. The van der Waals surface area contributed by atoms with Gasteiger partial charge in [-0.05, 0) is 31.0 Å². The van der Waals surface area contributed by atoms with Gasteiger partial charge in [0.25, 0.3) is 0 Å². The molecule has 0 radical (unpaired) electrons. The van der Waals surface area contributed by atoms with Crippen LogP contribution in [0.2, 0.25) is 0 Å². The number of rotatable bonds is 1. The Morgan fingerprint density at radius 3 is 2.68 bits per heavy atom. The maximum absolute atomic E-state index is 12.2. The van der Waals surface area contributed by atoms with Crippen molar-refractivity contribution in [2.75, 3.05) is 16.4 Å². The predicted octanol–water partition coefficient (Wildman–Crippen LogP) is 1.45. The maximum Gasteiger partial charge on any atom is 0.227 e. The minimum atomic E-state index is -2.99. The van der Waals surface area contributed by atoms with Crippen LogP contribution in [-0.2, 0) is 14.6 Å². The first kappa shape index (κ1) is 12.7. The number of amides is 1. The van der Waals surface area contributed by atoms with Crippen LogP contribution in [0, 0.1) is 19.8 Å². The summed E-state index contributed by atoms with van der Waals surface area (Å²) in [5, 5.41) is 0. The number of sulfone groups is 1. The highest BCUT2D eigenvalue weighted by Crippen LogP contribution is 2.38. The molecule has 102 valence electrons. The number of carbonyl (C=O) groups is 1. The van der Waals surface area contributed by atoms with Gasteiger partial charge in [0, 0.05) is 18.0 Å². The Bertz CT molecular complexity index is 651. The summed E-state index contributed by atoms with van der Waals surface area (Å²) in [5.74, 6) is 0.290. The molecular formula is C14H17NO3S. The van der Waals surface area contributed by atoms with Gasteiger partial charge >= 0.3 is 0 Å². The smallest absolute Gasteiger partial charge is 0.227 e. The molecule has 2 atom stereocenters. The first-order chi connectivity index (χ1) is 8.87. The van der Waals surface area contributed by atoms with Gasteiger partial charge in [0.15, 0.2) is 9.84 Å². The van der Waals surface area contributed by atoms with Crippen molar-refractivity contribution in [3.8, 4) is 0 Å². The van der Waals surface area contributed by atoms with Crippen LogP contribution in [0.3, 0.4) is 0 Å². The zero-order valence-corrected chi connectivity index (χ0v) is 11.9. The summed E-state index contributed by atoms with van der Waals surface area (Å²) in [5.41, 5.74) is 2.97. The normalized spacial score (nSPS) is 28.7. The minimum Gasteiger partial charge on any atom is -0.308 e. The van der Waals surface area contributed by atoms with Crippen LogP contribution in [0.1, 0.15) is 17.5 Å². The maximum atomic E-state index is 12.2. The van der Waals surface area contributed by atoms with Crippen LogP contribution in [-0.4, -0.2) is 31.9 Å². The number of fused-ring (bicyclic) bond motifs is 1. The van der Waals surface area contributed by atoms with Gasteiger partial charge in [-0.1, -0.05) is 12.1 Å². The zero-order chi connectivity index (χ0) is 13.8. The third kappa shape index (κ3) is 2.06. The summed E-state index contributed by atoms with van der Waals surface area (Å²) >= 11 is 0. The van der Waals surface area contributed by atoms with Gasteiger partial charge in [0.05, 0.1) is 17.5 Å². The van der Waals surface area contributed by atoms with E-state index in [0.29, 0.717) is 6.42 Å². The van der Waals surface area contributed by atoms with Crippen molar-refractivity contribution in [1.82, 2.24) is 0 Å². The Hall–Kier alpha value is -1.36. The lowest BCUT2D eigenvalue weighted by atomic mass is 10.0. The number of anilines is 1. The largest absolute Gasteiger partial charge is 0.308 e. The molecule has 0 N–H and O–H groups in total. The zero-order valence-electron chi connectivity index (χ0n) is 11.1. The molecule has 2 aliphatic heterocycles. The van der Waals surface area contributed by atoms with Crippen molar-refractivity contribution < 1.29 is 13.2 Å². The van der Waals surface area contributed by atoms with E-state index in [4.69, 9.17) is 0 Å². The first-order valence-electron chi connectivity index (χ1n) is 6.47. The Morgan fingerprint density at radius 2 is 1.95 bits per heavy atom. The molecule has 5 heteroatoms. The molecule has 0 spiro atoms. The van der Waals surface area contributed by atoms with Gasteiger partial charge in [0.1, 0.15) is 0 Å². The lowest BCUT2D eigenvalue weighted by Crippen LogP contribution is -2.36. The first-order valence-corrected chi connectivity index (χ1v) is 8.29. The second kappa shape index (κ2) is 4.07. The Kier molecular flexibility index (Phi) is 2.71. The van der Waals surface area contributed by atoms with Gasteiger partial charge in [0.2, 0.25) is 5.91 Å². The Balaban J connectivity index is 2.04. The van der Waals surface area contributed by atoms with E-state index in [1.165, 1.54) is 0 Å². The van der Waals surface area contributed by atoms with Crippen LogP contribution in [0.15, 0.2) is 18.2 Å². The summed E-state index contributed by atoms with van der Waals surface area (Å²) in [6, 6.07) is 5.79. The molecule has 1 amide bonds. The van der Waals surface area contributed by atoms with Crippen LogP contribution in [0.25, 0.3) is 0 Å². The van der Waals surface area contributed by atoms with Crippen molar-refractivity contribution in [2.45, 2.75) is 26.3 Å². The summed E-state index contributed by atoms with van der Waals surface area (Å²) in [4.78, 5) is 13.9. The molecule has 0 unspecified atom stereocenters. The third-order valence-electron chi connectivity index (χ3n) is 4.10. The van der Waals surface area contributed by atoms with Gasteiger partial charge in [-0.2, -0.15) is 0 Å². The van der Waals surface area contributed by atoms with Crippen molar-refractivity contribution in [3.05, 3.63) is 29.3 Å². The van der Waals surface area contributed by atoms with E-state index in [2.05, 4.69) is 0 Å². The van der Waals surface area contributed by atoms with Gasteiger partial charge in [-0.25, -0.2) is 8.42 Å². The number of nitrogens with zero attached hydrogens (tertiary/aromatic N) is 1. The minimum absolute atomic E-state index is 0.0302.